The molecule has 1 aliphatic rings. The predicted octanol–water partition coefficient (Wildman–Crippen LogP) is 0.464. The summed E-state index contributed by atoms with van der Waals surface area (Å²) in [7, 11) is -6.66. The highest BCUT2D eigenvalue weighted by Gasteiger charge is 2.32. The summed E-state index contributed by atoms with van der Waals surface area (Å²) in [6.45, 7) is 0.234. The van der Waals surface area contributed by atoms with E-state index >= 15 is 0 Å². The Morgan fingerprint density at radius 3 is 2.40 bits per heavy atom. The summed E-state index contributed by atoms with van der Waals surface area (Å²) in [5.74, 6) is -0.145. The molecule has 2 rings (SSSR count). The molecule has 112 valence electrons. The fourth-order valence-corrected chi connectivity index (χ4v) is 5.53. The Morgan fingerprint density at radius 2 is 1.80 bits per heavy atom. The summed E-state index contributed by atoms with van der Waals surface area (Å²) in [5, 5.41) is -0.670. The summed E-state index contributed by atoms with van der Waals surface area (Å²) in [6.07, 6.45) is 0.283. The lowest BCUT2D eigenvalue weighted by atomic mass is 10.2. The molecule has 0 radical (unpaired) electrons. The summed E-state index contributed by atoms with van der Waals surface area (Å²) in [4.78, 5) is 0. The van der Waals surface area contributed by atoms with E-state index in [0.717, 1.165) is 0 Å². The minimum atomic E-state index is -3.59. The van der Waals surface area contributed by atoms with Crippen LogP contribution in [0.5, 0.6) is 0 Å². The number of hydrogen-bond acceptors (Lipinski definition) is 5. The van der Waals surface area contributed by atoms with E-state index in [4.69, 9.17) is 5.73 Å². The van der Waals surface area contributed by atoms with Gasteiger partial charge in [-0.3, -0.25) is 4.72 Å². The first-order valence-electron chi connectivity index (χ1n) is 6.34. The normalized spacial score (nSPS) is 19.6. The summed E-state index contributed by atoms with van der Waals surface area (Å²) < 4.78 is 49.8. The number of benzene rings is 1. The number of sulfonamides is 1. The zero-order valence-corrected chi connectivity index (χ0v) is 12.6. The molecule has 0 atom stereocenters. The molecule has 1 heterocycles. The van der Waals surface area contributed by atoms with E-state index < -0.39 is 25.1 Å². The van der Waals surface area contributed by atoms with Crippen molar-refractivity contribution < 1.29 is 16.8 Å². The number of hydrogen-bond donors (Lipinski definition) is 2. The van der Waals surface area contributed by atoms with Gasteiger partial charge in [-0.1, -0.05) is 18.2 Å². The highest BCUT2D eigenvalue weighted by Crippen LogP contribution is 2.23. The largest absolute Gasteiger partial charge is 0.326 e. The van der Waals surface area contributed by atoms with Crippen LogP contribution < -0.4 is 10.5 Å². The molecule has 0 bridgehead atoms. The molecule has 1 aromatic rings. The van der Waals surface area contributed by atoms with Crippen LogP contribution in [0.25, 0.3) is 0 Å². The number of sulfone groups is 1. The first kappa shape index (κ1) is 15.3. The monoisotopic (exact) mass is 318 g/mol. The average Bonchev–Trinajstić information content (AvgIpc) is 2.38. The number of nitrogens with one attached hydrogen (secondary N) is 1. The van der Waals surface area contributed by atoms with Gasteiger partial charge in [0.15, 0.2) is 0 Å². The minimum Gasteiger partial charge on any atom is -0.326 e. The van der Waals surface area contributed by atoms with Crippen molar-refractivity contribution >= 4 is 25.5 Å². The lowest BCUT2D eigenvalue weighted by Gasteiger charge is -2.23. The smallest absolute Gasteiger partial charge is 0.235 e. The first-order chi connectivity index (χ1) is 9.34. The molecule has 1 saturated heterocycles. The zero-order valence-electron chi connectivity index (χ0n) is 10.9. The third kappa shape index (κ3) is 3.50. The van der Waals surface area contributed by atoms with Crippen LogP contribution in [-0.4, -0.2) is 33.6 Å². The Kier molecular flexibility index (Phi) is 4.36. The van der Waals surface area contributed by atoms with Gasteiger partial charge in [0, 0.05) is 6.54 Å². The van der Waals surface area contributed by atoms with Crippen molar-refractivity contribution in [3.63, 3.8) is 0 Å². The van der Waals surface area contributed by atoms with E-state index in [2.05, 4.69) is 4.72 Å². The fourth-order valence-electron chi connectivity index (χ4n) is 2.21. The number of para-hydroxylation sites is 1. The van der Waals surface area contributed by atoms with Gasteiger partial charge in [-0.2, -0.15) is 0 Å². The molecular formula is C12H18N2O4S2. The molecule has 0 aliphatic carbocycles. The van der Waals surface area contributed by atoms with E-state index in [1.165, 1.54) is 0 Å². The maximum Gasteiger partial charge on any atom is 0.235 e. The predicted molar refractivity (Wildman–Crippen MR) is 78.6 cm³/mol. The standard InChI is InChI=1S/C12H18N2O4S2/c13-9-10-3-1-2-4-12(10)14-20(17,18)11-5-7-19(15,16)8-6-11/h1-4,11,14H,5-9,13H2. The fraction of sp³-hybridized carbons (Fsp3) is 0.500. The summed E-state index contributed by atoms with van der Waals surface area (Å²) in [5.41, 5.74) is 6.74. The molecule has 1 fully saturated rings. The number of rotatable bonds is 4. The van der Waals surface area contributed by atoms with Crippen LogP contribution in [0.4, 0.5) is 5.69 Å². The molecule has 1 aromatic carbocycles. The van der Waals surface area contributed by atoms with E-state index in [1.807, 2.05) is 0 Å². The van der Waals surface area contributed by atoms with Crippen LogP contribution in [0, 0.1) is 0 Å². The maximum absolute atomic E-state index is 12.3. The van der Waals surface area contributed by atoms with Crippen LogP contribution in [0.15, 0.2) is 24.3 Å². The second kappa shape index (κ2) is 5.71. The van der Waals surface area contributed by atoms with Crippen LogP contribution in [-0.2, 0) is 26.4 Å². The summed E-state index contributed by atoms with van der Waals surface area (Å²) in [6, 6.07) is 6.91. The molecule has 8 heteroatoms. The SMILES string of the molecule is NCc1ccccc1NS(=O)(=O)C1CCS(=O)(=O)CC1. The Morgan fingerprint density at radius 1 is 1.20 bits per heavy atom. The third-order valence-corrected chi connectivity index (χ3v) is 7.00. The van der Waals surface area contributed by atoms with Gasteiger partial charge in [0.25, 0.3) is 0 Å². The van der Waals surface area contributed by atoms with E-state index in [-0.39, 0.29) is 30.9 Å². The molecule has 20 heavy (non-hydrogen) atoms. The molecule has 0 aromatic heterocycles. The third-order valence-electron chi connectivity index (χ3n) is 3.43. The zero-order chi connectivity index (χ0) is 14.8. The molecule has 0 amide bonds. The van der Waals surface area contributed by atoms with E-state index in [0.29, 0.717) is 11.3 Å². The minimum absolute atomic E-state index is 0.0723. The lowest BCUT2D eigenvalue weighted by Crippen LogP contribution is -2.36. The Labute approximate surface area is 119 Å². The van der Waals surface area contributed by atoms with E-state index in [9.17, 15) is 16.8 Å². The molecule has 0 unspecified atom stereocenters. The molecule has 0 spiro atoms. The lowest BCUT2D eigenvalue weighted by molar-refractivity contribution is 0.555. The van der Waals surface area contributed by atoms with Crippen molar-refractivity contribution in [3.05, 3.63) is 29.8 Å². The number of nitrogens with two attached hydrogens (primary N) is 1. The van der Waals surface area contributed by atoms with E-state index in [1.54, 1.807) is 24.3 Å². The Bertz CT molecular complexity index is 669. The maximum atomic E-state index is 12.3. The van der Waals surface area contributed by atoms with Crippen molar-refractivity contribution in [2.45, 2.75) is 24.6 Å². The summed E-state index contributed by atoms with van der Waals surface area (Å²) >= 11 is 0. The van der Waals surface area contributed by atoms with Crippen molar-refractivity contribution in [1.82, 2.24) is 0 Å². The highest BCUT2D eigenvalue weighted by molar-refractivity contribution is 7.94. The van der Waals surface area contributed by atoms with Crippen molar-refractivity contribution in [2.24, 2.45) is 5.73 Å². The average molecular weight is 318 g/mol. The second-order valence-corrected chi connectivity index (χ2v) is 9.12. The highest BCUT2D eigenvalue weighted by atomic mass is 32.2. The van der Waals surface area contributed by atoms with Gasteiger partial charge in [-0.15, -0.1) is 0 Å². The number of anilines is 1. The van der Waals surface area contributed by atoms with Gasteiger partial charge < -0.3 is 5.73 Å². The van der Waals surface area contributed by atoms with Crippen molar-refractivity contribution in [2.75, 3.05) is 16.2 Å². The van der Waals surface area contributed by atoms with Gasteiger partial charge in [-0.25, -0.2) is 16.8 Å². The van der Waals surface area contributed by atoms with Gasteiger partial charge in [0.05, 0.1) is 22.4 Å². The second-order valence-electron chi connectivity index (χ2n) is 4.86. The molecule has 0 saturated carbocycles. The van der Waals surface area contributed by atoms with Crippen LogP contribution in [0.1, 0.15) is 18.4 Å². The molecule has 3 N–H and O–H groups in total. The Hall–Kier alpha value is -1.12. The van der Waals surface area contributed by atoms with Crippen LogP contribution in [0.3, 0.4) is 0 Å². The topological polar surface area (TPSA) is 106 Å². The van der Waals surface area contributed by atoms with Gasteiger partial charge in [0.1, 0.15) is 9.84 Å². The molecular weight excluding hydrogens is 300 g/mol. The molecule has 6 nitrogen and oxygen atoms in total. The molecule has 1 aliphatic heterocycles. The quantitative estimate of drug-likeness (QED) is 0.839. The van der Waals surface area contributed by atoms with Crippen molar-refractivity contribution in [1.29, 1.82) is 0 Å². The van der Waals surface area contributed by atoms with Gasteiger partial charge in [-0.05, 0) is 24.5 Å². The Balaban J connectivity index is 2.16. The van der Waals surface area contributed by atoms with Crippen LogP contribution >= 0.6 is 0 Å². The first-order valence-corrected chi connectivity index (χ1v) is 9.71. The van der Waals surface area contributed by atoms with Gasteiger partial charge >= 0.3 is 0 Å². The van der Waals surface area contributed by atoms with Gasteiger partial charge in [0.2, 0.25) is 10.0 Å². The van der Waals surface area contributed by atoms with Crippen molar-refractivity contribution in [3.8, 4) is 0 Å². The van der Waals surface area contributed by atoms with Crippen LogP contribution in [0.2, 0.25) is 0 Å².